The van der Waals surface area contributed by atoms with Crippen LogP contribution in [0.2, 0.25) is 0 Å². The van der Waals surface area contributed by atoms with E-state index in [4.69, 9.17) is 9.47 Å². The lowest BCUT2D eigenvalue weighted by Crippen LogP contribution is -2.22. The number of hydrogen-bond acceptors (Lipinski definition) is 7. The fraction of sp³-hybridized carbons (Fsp3) is 0.143. The molecule has 0 aliphatic rings. The molecule has 1 amide bonds. The summed E-state index contributed by atoms with van der Waals surface area (Å²) < 4.78 is 12.2. The Labute approximate surface area is 222 Å². The maximum Gasteiger partial charge on any atom is 0.260 e. The standard InChI is InChI=1S/C28H25N5O4S/c1-17-20(15-18-9-5-4-6-10-18)27(35)31-28(29-17)33-24(16-21(32-33)23-13-8-14-38-23)30-26(34)19-11-7-12-22(36-2)25(19)37-3/h4-14,16H,15H2,1-3H3,(H,30,34)(H,29,31,35). The number of para-hydroxylation sites is 1. The largest absolute Gasteiger partial charge is 0.493 e. The Bertz CT molecular complexity index is 1640. The fourth-order valence-corrected chi connectivity index (χ4v) is 4.81. The number of benzene rings is 2. The minimum Gasteiger partial charge on any atom is -0.493 e. The molecule has 0 aliphatic heterocycles. The van der Waals surface area contributed by atoms with Crippen LogP contribution in [0.15, 0.2) is 76.9 Å². The molecule has 0 unspecified atom stereocenters. The quantitative estimate of drug-likeness (QED) is 0.298. The Kier molecular flexibility index (Phi) is 7.05. The molecule has 0 spiro atoms. The average Bonchev–Trinajstić information content (AvgIpc) is 3.61. The smallest absolute Gasteiger partial charge is 0.260 e. The van der Waals surface area contributed by atoms with Crippen molar-refractivity contribution < 1.29 is 14.3 Å². The minimum absolute atomic E-state index is 0.194. The second-order valence-corrected chi connectivity index (χ2v) is 9.36. The third kappa shape index (κ3) is 4.94. The molecule has 0 saturated carbocycles. The molecule has 5 rings (SSSR count). The Morgan fingerprint density at radius 3 is 2.55 bits per heavy atom. The van der Waals surface area contributed by atoms with Crippen LogP contribution < -0.4 is 20.3 Å². The Hall–Kier alpha value is -4.70. The summed E-state index contributed by atoms with van der Waals surface area (Å²) in [6.07, 6.45) is 0.452. The number of carbonyl (C=O) groups is 1. The van der Waals surface area contributed by atoms with Gasteiger partial charge in [-0.3, -0.25) is 14.6 Å². The number of ether oxygens (including phenoxy) is 2. The van der Waals surface area contributed by atoms with E-state index in [0.29, 0.717) is 40.7 Å². The molecule has 0 radical (unpaired) electrons. The molecule has 3 aromatic heterocycles. The monoisotopic (exact) mass is 527 g/mol. The van der Waals surface area contributed by atoms with E-state index in [2.05, 4.69) is 20.4 Å². The average molecular weight is 528 g/mol. The van der Waals surface area contributed by atoms with Gasteiger partial charge in [0.25, 0.3) is 11.5 Å². The van der Waals surface area contributed by atoms with Crippen LogP contribution in [0.25, 0.3) is 16.5 Å². The summed E-state index contributed by atoms with van der Waals surface area (Å²) in [4.78, 5) is 34.9. The molecule has 0 bridgehead atoms. The number of H-pyrrole nitrogens is 1. The first kappa shape index (κ1) is 25.0. The number of aryl methyl sites for hydroxylation is 1. The third-order valence-electron chi connectivity index (χ3n) is 6.01. The zero-order valence-corrected chi connectivity index (χ0v) is 21.8. The van der Waals surface area contributed by atoms with Gasteiger partial charge in [0.2, 0.25) is 5.95 Å². The minimum atomic E-state index is -0.431. The third-order valence-corrected chi connectivity index (χ3v) is 6.90. The molecule has 2 N–H and O–H groups in total. The lowest BCUT2D eigenvalue weighted by atomic mass is 10.1. The number of amides is 1. The number of anilines is 1. The summed E-state index contributed by atoms with van der Waals surface area (Å²) in [6.45, 7) is 1.79. The van der Waals surface area contributed by atoms with Crippen LogP contribution in [0.1, 0.15) is 27.2 Å². The Morgan fingerprint density at radius 2 is 1.87 bits per heavy atom. The van der Waals surface area contributed by atoms with Crippen molar-refractivity contribution in [2.24, 2.45) is 0 Å². The molecular formula is C28H25N5O4S. The van der Waals surface area contributed by atoms with Gasteiger partial charge >= 0.3 is 0 Å². The second kappa shape index (κ2) is 10.7. The molecule has 0 aliphatic carbocycles. The van der Waals surface area contributed by atoms with Crippen LogP contribution >= 0.6 is 11.3 Å². The first-order chi connectivity index (χ1) is 18.5. The summed E-state index contributed by atoms with van der Waals surface area (Å²) in [5.74, 6) is 0.842. The van der Waals surface area contributed by atoms with Gasteiger partial charge in [0.05, 0.1) is 30.4 Å². The first-order valence-corrected chi connectivity index (χ1v) is 12.7. The predicted molar refractivity (Wildman–Crippen MR) is 147 cm³/mol. The molecule has 38 heavy (non-hydrogen) atoms. The fourth-order valence-electron chi connectivity index (χ4n) is 4.13. The number of aromatic nitrogens is 4. The van der Waals surface area contributed by atoms with Crippen LogP contribution in [-0.2, 0) is 6.42 Å². The van der Waals surface area contributed by atoms with Crippen LogP contribution in [0.3, 0.4) is 0 Å². The molecule has 9 nitrogen and oxygen atoms in total. The van der Waals surface area contributed by atoms with Crippen molar-refractivity contribution >= 4 is 23.1 Å². The van der Waals surface area contributed by atoms with Gasteiger partial charge in [-0.1, -0.05) is 42.5 Å². The highest BCUT2D eigenvalue weighted by Crippen LogP contribution is 2.32. The molecule has 10 heteroatoms. The number of methoxy groups -OCH3 is 2. The predicted octanol–water partition coefficient (Wildman–Crippen LogP) is 4.85. The lowest BCUT2D eigenvalue weighted by Gasteiger charge is -2.13. The van der Waals surface area contributed by atoms with Crippen molar-refractivity contribution in [2.75, 3.05) is 19.5 Å². The summed E-state index contributed by atoms with van der Waals surface area (Å²) in [5.41, 5.74) is 2.80. The van der Waals surface area contributed by atoms with Crippen molar-refractivity contribution in [3.8, 4) is 28.0 Å². The van der Waals surface area contributed by atoms with E-state index >= 15 is 0 Å². The molecule has 2 aromatic carbocycles. The highest BCUT2D eigenvalue weighted by atomic mass is 32.1. The summed E-state index contributed by atoms with van der Waals surface area (Å²) in [6, 6.07) is 20.4. The normalized spacial score (nSPS) is 10.8. The van der Waals surface area contributed by atoms with E-state index in [1.54, 1.807) is 31.2 Å². The molecule has 5 aromatic rings. The van der Waals surface area contributed by atoms with Crippen LogP contribution in [0, 0.1) is 6.92 Å². The number of nitrogens with one attached hydrogen (secondary N) is 2. The maximum atomic E-state index is 13.4. The highest BCUT2D eigenvalue weighted by Gasteiger charge is 2.21. The Morgan fingerprint density at radius 1 is 1.05 bits per heavy atom. The van der Waals surface area contributed by atoms with Gasteiger partial charge in [-0.05, 0) is 36.1 Å². The first-order valence-electron chi connectivity index (χ1n) is 11.8. The number of carbonyl (C=O) groups excluding carboxylic acids is 1. The summed E-state index contributed by atoms with van der Waals surface area (Å²) >= 11 is 1.51. The molecule has 3 heterocycles. The number of thiophene rings is 1. The van der Waals surface area contributed by atoms with E-state index in [9.17, 15) is 9.59 Å². The zero-order chi connectivity index (χ0) is 26.6. The highest BCUT2D eigenvalue weighted by molar-refractivity contribution is 7.13. The molecule has 0 saturated heterocycles. The van der Waals surface area contributed by atoms with Crippen molar-refractivity contribution in [3.63, 3.8) is 0 Å². The van der Waals surface area contributed by atoms with Crippen LogP contribution in [-0.4, -0.2) is 39.9 Å². The Balaban J connectivity index is 1.55. The van der Waals surface area contributed by atoms with E-state index in [1.165, 1.54) is 30.2 Å². The zero-order valence-electron chi connectivity index (χ0n) is 21.0. The van der Waals surface area contributed by atoms with E-state index < -0.39 is 5.91 Å². The maximum absolute atomic E-state index is 13.4. The van der Waals surface area contributed by atoms with Crippen LogP contribution in [0.5, 0.6) is 11.5 Å². The van der Waals surface area contributed by atoms with Gasteiger partial charge < -0.3 is 14.8 Å². The van der Waals surface area contributed by atoms with Gasteiger partial charge in [0.15, 0.2) is 11.5 Å². The molecule has 0 atom stereocenters. The molecule has 0 fully saturated rings. The summed E-state index contributed by atoms with van der Waals surface area (Å²) in [7, 11) is 2.98. The van der Waals surface area contributed by atoms with Crippen LogP contribution in [0.4, 0.5) is 5.82 Å². The van der Waals surface area contributed by atoms with Crippen molar-refractivity contribution in [1.82, 2.24) is 19.7 Å². The van der Waals surface area contributed by atoms with Gasteiger partial charge in [0, 0.05) is 18.1 Å². The summed E-state index contributed by atoms with van der Waals surface area (Å²) in [5, 5.41) is 9.50. The van der Waals surface area contributed by atoms with E-state index in [0.717, 1.165) is 10.4 Å². The number of hydrogen-bond donors (Lipinski definition) is 2. The van der Waals surface area contributed by atoms with Crippen molar-refractivity contribution in [1.29, 1.82) is 0 Å². The molecule has 192 valence electrons. The van der Waals surface area contributed by atoms with Gasteiger partial charge in [-0.15, -0.1) is 11.3 Å². The lowest BCUT2D eigenvalue weighted by molar-refractivity contribution is 0.102. The number of nitrogens with zero attached hydrogens (tertiary/aromatic N) is 3. The van der Waals surface area contributed by atoms with E-state index in [-0.39, 0.29) is 17.1 Å². The van der Waals surface area contributed by atoms with Gasteiger partial charge in [-0.25, -0.2) is 4.98 Å². The topological polar surface area (TPSA) is 111 Å². The van der Waals surface area contributed by atoms with Gasteiger partial charge in [-0.2, -0.15) is 9.78 Å². The van der Waals surface area contributed by atoms with E-state index in [1.807, 2.05) is 47.8 Å². The van der Waals surface area contributed by atoms with Gasteiger partial charge in [0.1, 0.15) is 11.5 Å². The van der Waals surface area contributed by atoms with Crippen molar-refractivity contribution in [3.05, 3.63) is 105 Å². The number of aromatic amines is 1. The number of rotatable bonds is 8. The SMILES string of the molecule is COc1cccc(C(=O)Nc2cc(-c3cccs3)nn2-c2nc(C)c(Cc3ccccc3)c(=O)[nH]2)c1OC. The second-order valence-electron chi connectivity index (χ2n) is 8.42. The molecular weight excluding hydrogens is 502 g/mol. The van der Waals surface area contributed by atoms with Crippen molar-refractivity contribution in [2.45, 2.75) is 13.3 Å².